The third-order valence-electron chi connectivity index (χ3n) is 3.16. The molecule has 0 aliphatic carbocycles. The molecule has 0 saturated heterocycles. The molecule has 1 aromatic rings. The van der Waals surface area contributed by atoms with Gasteiger partial charge in [-0.3, -0.25) is 0 Å². The molecular weight excluding hydrogens is 210 g/mol. The molecule has 0 amide bonds. The summed E-state index contributed by atoms with van der Waals surface area (Å²) in [4.78, 5) is 0. The molecule has 3 nitrogen and oxygen atoms in total. The van der Waals surface area contributed by atoms with E-state index >= 15 is 0 Å². The lowest BCUT2D eigenvalue weighted by Gasteiger charge is -2.14. The second-order valence-corrected chi connectivity index (χ2v) is 5.30. The van der Waals surface area contributed by atoms with Crippen molar-refractivity contribution in [2.75, 3.05) is 0 Å². The molecule has 3 heteroatoms. The molecule has 0 bridgehead atoms. The Hall–Kier alpha value is -1.27. The van der Waals surface area contributed by atoms with E-state index in [2.05, 4.69) is 36.0 Å². The van der Waals surface area contributed by atoms with Crippen LogP contribution >= 0.6 is 0 Å². The number of hydrogen-bond acceptors (Lipinski definition) is 2. The fourth-order valence-corrected chi connectivity index (χ4v) is 1.81. The van der Waals surface area contributed by atoms with Gasteiger partial charge in [-0.2, -0.15) is 5.26 Å². The van der Waals surface area contributed by atoms with Gasteiger partial charge in [0.1, 0.15) is 0 Å². The summed E-state index contributed by atoms with van der Waals surface area (Å²) in [6, 6.07) is 4.56. The second-order valence-electron chi connectivity index (χ2n) is 5.30. The van der Waals surface area contributed by atoms with Crippen molar-refractivity contribution in [1.82, 2.24) is 4.57 Å². The van der Waals surface area contributed by atoms with Crippen LogP contribution in [-0.2, 0) is 6.54 Å². The third-order valence-corrected chi connectivity index (χ3v) is 3.16. The standard InChI is InChI=1S/C14H23N3/c1-4-13(16)12-6-9-17(10-12)8-5-7-14(2,3)11-15/h6,9-10,13H,4-5,7-8,16H2,1-3H3. The van der Waals surface area contributed by atoms with Gasteiger partial charge in [-0.05, 0) is 44.7 Å². The highest BCUT2D eigenvalue weighted by atomic mass is 14.9. The normalized spacial score (nSPS) is 13.4. The van der Waals surface area contributed by atoms with Gasteiger partial charge in [-0.25, -0.2) is 0 Å². The molecule has 2 N–H and O–H groups in total. The summed E-state index contributed by atoms with van der Waals surface area (Å²) in [5, 5.41) is 8.93. The van der Waals surface area contributed by atoms with Crippen LogP contribution in [0, 0.1) is 16.7 Å². The van der Waals surface area contributed by atoms with Crippen LogP contribution in [0.1, 0.15) is 51.6 Å². The highest BCUT2D eigenvalue weighted by Gasteiger charge is 2.15. The van der Waals surface area contributed by atoms with Gasteiger partial charge < -0.3 is 10.3 Å². The Bertz CT molecular complexity index is 384. The van der Waals surface area contributed by atoms with Crippen LogP contribution in [-0.4, -0.2) is 4.57 Å². The molecule has 94 valence electrons. The van der Waals surface area contributed by atoms with E-state index in [1.807, 2.05) is 13.8 Å². The van der Waals surface area contributed by atoms with Gasteiger partial charge in [0.15, 0.2) is 0 Å². The summed E-state index contributed by atoms with van der Waals surface area (Å²) in [6.45, 7) is 7.03. The van der Waals surface area contributed by atoms with Crippen LogP contribution in [0.2, 0.25) is 0 Å². The van der Waals surface area contributed by atoms with E-state index in [1.54, 1.807) is 0 Å². The van der Waals surface area contributed by atoms with Crippen molar-refractivity contribution in [2.45, 2.75) is 52.6 Å². The van der Waals surface area contributed by atoms with Gasteiger partial charge in [-0.15, -0.1) is 0 Å². The SMILES string of the molecule is CCC(N)c1ccn(CCCC(C)(C)C#N)c1. The first-order valence-corrected chi connectivity index (χ1v) is 6.31. The fraction of sp³-hybridized carbons (Fsp3) is 0.643. The molecule has 0 aliphatic rings. The number of aryl methyl sites for hydroxylation is 1. The minimum Gasteiger partial charge on any atom is -0.354 e. The molecule has 0 saturated carbocycles. The zero-order valence-corrected chi connectivity index (χ0v) is 11.1. The Kier molecular flexibility index (Phi) is 4.77. The zero-order chi connectivity index (χ0) is 12.9. The number of hydrogen-bond donors (Lipinski definition) is 1. The first-order chi connectivity index (χ1) is 7.98. The Morgan fingerprint density at radius 2 is 2.24 bits per heavy atom. The average molecular weight is 233 g/mol. The van der Waals surface area contributed by atoms with E-state index in [4.69, 9.17) is 11.0 Å². The molecule has 1 atom stereocenters. The van der Waals surface area contributed by atoms with Gasteiger partial charge in [0, 0.05) is 25.0 Å². The quantitative estimate of drug-likeness (QED) is 0.820. The zero-order valence-electron chi connectivity index (χ0n) is 11.1. The molecule has 0 fully saturated rings. The minimum atomic E-state index is -0.212. The van der Waals surface area contributed by atoms with Crippen LogP contribution in [0.15, 0.2) is 18.5 Å². The van der Waals surface area contributed by atoms with Crippen molar-refractivity contribution in [3.63, 3.8) is 0 Å². The van der Waals surface area contributed by atoms with Crippen molar-refractivity contribution < 1.29 is 0 Å². The van der Waals surface area contributed by atoms with E-state index < -0.39 is 0 Å². The smallest absolute Gasteiger partial charge is 0.0683 e. The molecule has 17 heavy (non-hydrogen) atoms. The highest BCUT2D eigenvalue weighted by Crippen LogP contribution is 2.21. The van der Waals surface area contributed by atoms with Crippen LogP contribution in [0.25, 0.3) is 0 Å². The lowest BCUT2D eigenvalue weighted by Crippen LogP contribution is -2.09. The maximum absolute atomic E-state index is 8.93. The van der Waals surface area contributed by atoms with Gasteiger partial charge >= 0.3 is 0 Å². The van der Waals surface area contributed by atoms with Crippen molar-refractivity contribution in [3.05, 3.63) is 24.0 Å². The number of rotatable bonds is 6. The summed E-state index contributed by atoms with van der Waals surface area (Å²) in [5.41, 5.74) is 6.96. The average Bonchev–Trinajstić information content (AvgIpc) is 2.76. The highest BCUT2D eigenvalue weighted by molar-refractivity contribution is 5.14. The first-order valence-electron chi connectivity index (χ1n) is 6.31. The van der Waals surface area contributed by atoms with E-state index in [0.717, 1.165) is 25.8 Å². The van der Waals surface area contributed by atoms with Crippen molar-refractivity contribution >= 4 is 0 Å². The molecule has 0 radical (unpaired) electrons. The fourth-order valence-electron chi connectivity index (χ4n) is 1.81. The predicted molar refractivity (Wildman–Crippen MR) is 70.3 cm³/mol. The number of nitrogens with two attached hydrogens (primary N) is 1. The van der Waals surface area contributed by atoms with Crippen molar-refractivity contribution in [2.24, 2.45) is 11.1 Å². The Morgan fingerprint density at radius 3 is 2.82 bits per heavy atom. The van der Waals surface area contributed by atoms with Crippen LogP contribution < -0.4 is 5.73 Å². The third kappa shape index (κ3) is 4.24. The molecule has 0 spiro atoms. The van der Waals surface area contributed by atoms with E-state index in [-0.39, 0.29) is 11.5 Å². The maximum Gasteiger partial charge on any atom is 0.0683 e. The molecule has 0 aliphatic heterocycles. The summed E-state index contributed by atoms with van der Waals surface area (Å²) >= 11 is 0. The van der Waals surface area contributed by atoms with Crippen LogP contribution in [0.4, 0.5) is 0 Å². The molecular formula is C14H23N3. The minimum absolute atomic E-state index is 0.145. The number of nitrogens with zero attached hydrogens (tertiary/aromatic N) is 2. The summed E-state index contributed by atoms with van der Waals surface area (Å²) < 4.78 is 2.16. The van der Waals surface area contributed by atoms with Gasteiger partial charge in [0.25, 0.3) is 0 Å². The largest absolute Gasteiger partial charge is 0.354 e. The van der Waals surface area contributed by atoms with Crippen LogP contribution in [0.3, 0.4) is 0 Å². The van der Waals surface area contributed by atoms with Gasteiger partial charge in [-0.1, -0.05) is 6.92 Å². The van der Waals surface area contributed by atoms with E-state index in [0.29, 0.717) is 0 Å². The van der Waals surface area contributed by atoms with Crippen molar-refractivity contribution in [3.8, 4) is 6.07 Å². The summed E-state index contributed by atoms with van der Waals surface area (Å²) in [6.07, 6.45) is 7.11. The Balaban J connectivity index is 2.43. The Morgan fingerprint density at radius 1 is 1.53 bits per heavy atom. The van der Waals surface area contributed by atoms with Gasteiger partial charge in [0.2, 0.25) is 0 Å². The predicted octanol–water partition coefficient (Wildman–Crippen LogP) is 3.23. The molecule has 1 aromatic heterocycles. The molecule has 1 unspecified atom stereocenters. The molecule has 0 aromatic carbocycles. The maximum atomic E-state index is 8.93. The second kappa shape index (κ2) is 5.88. The van der Waals surface area contributed by atoms with Crippen LogP contribution in [0.5, 0.6) is 0 Å². The van der Waals surface area contributed by atoms with Crippen molar-refractivity contribution in [1.29, 1.82) is 5.26 Å². The molecule has 1 heterocycles. The Labute approximate surface area is 104 Å². The van der Waals surface area contributed by atoms with E-state index in [1.165, 1.54) is 5.56 Å². The van der Waals surface area contributed by atoms with E-state index in [9.17, 15) is 0 Å². The summed E-state index contributed by atoms with van der Waals surface area (Å²) in [7, 11) is 0. The number of aromatic nitrogens is 1. The summed E-state index contributed by atoms with van der Waals surface area (Å²) in [5.74, 6) is 0. The first kappa shape index (κ1) is 13.8. The molecule has 1 rings (SSSR count). The lowest BCUT2D eigenvalue weighted by molar-refractivity contribution is 0.415. The number of nitriles is 1. The monoisotopic (exact) mass is 233 g/mol. The lowest BCUT2D eigenvalue weighted by atomic mass is 9.90. The topological polar surface area (TPSA) is 54.7 Å². The van der Waals surface area contributed by atoms with Gasteiger partial charge in [0.05, 0.1) is 11.5 Å².